The van der Waals surface area contributed by atoms with Gasteiger partial charge in [0.05, 0.1) is 0 Å². The number of carbonyl (C=O) groups excluding carboxylic acids is 1. The van der Waals surface area contributed by atoms with Gasteiger partial charge >= 0.3 is 0 Å². The van der Waals surface area contributed by atoms with Crippen LogP contribution in [0.2, 0.25) is 0 Å². The van der Waals surface area contributed by atoms with Gasteiger partial charge in [-0.05, 0) is 38.7 Å². The molecule has 1 saturated carbocycles. The summed E-state index contributed by atoms with van der Waals surface area (Å²) in [5.74, 6) is 1.81. The number of furan rings is 1. The fraction of sp³-hybridized carbons (Fsp3) is 0.583. The lowest BCUT2D eigenvalue weighted by atomic mass is 9.60. The van der Waals surface area contributed by atoms with Crippen LogP contribution in [-0.4, -0.2) is 5.78 Å². The first-order valence-corrected chi connectivity index (χ1v) is 5.35. The second-order valence-corrected chi connectivity index (χ2v) is 4.67. The van der Waals surface area contributed by atoms with Crippen LogP contribution in [0.1, 0.15) is 47.6 Å². The van der Waals surface area contributed by atoms with Crippen molar-refractivity contribution in [2.75, 3.05) is 0 Å². The second-order valence-electron chi connectivity index (χ2n) is 4.67. The van der Waals surface area contributed by atoms with E-state index in [0.29, 0.717) is 5.76 Å². The molecule has 1 heterocycles. The summed E-state index contributed by atoms with van der Waals surface area (Å²) in [5.41, 5.74) is 1.11. The van der Waals surface area contributed by atoms with Crippen molar-refractivity contribution in [3.8, 4) is 0 Å². The lowest BCUT2D eigenvalue weighted by molar-refractivity contribution is 0.0518. The van der Waals surface area contributed by atoms with Gasteiger partial charge in [0.15, 0.2) is 5.76 Å². The summed E-state index contributed by atoms with van der Waals surface area (Å²) in [6.07, 6.45) is 5.42. The Morgan fingerprint density at radius 1 is 1.36 bits per heavy atom. The van der Waals surface area contributed by atoms with Gasteiger partial charge in [-0.25, -0.2) is 0 Å². The van der Waals surface area contributed by atoms with E-state index in [0.717, 1.165) is 37.0 Å². The van der Waals surface area contributed by atoms with Crippen LogP contribution in [0.15, 0.2) is 10.5 Å². The summed E-state index contributed by atoms with van der Waals surface area (Å²) in [6.45, 7) is 1.92. The molecule has 2 aliphatic carbocycles. The topological polar surface area (TPSA) is 30.2 Å². The third-order valence-corrected chi connectivity index (χ3v) is 3.80. The number of ketones is 1. The summed E-state index contributed by atoms with van der Waals surface area (Å²) in [5, 5.41) is 0. The SMILES string of the molecule is Cc1cc2c(o1)C(=O)C1(CCC1)CC2. The molecule has 3 rings (SSSR count). The van der Waals surface area contributed by atoms with Crippen LogP contribution in [0.4, 0.5) is 0 Å². The molecule has 14 heavy (non-hydrogen) atoms. The number of rotatable bonds is 0. The minimum Gasteiger partial charge on any atom is -0.458 e. The number of Topliss-reactive ketones (excluding diaryl/α,β-unsaturated/α-hetero) is 1. The molecule has 0 aromatic carbocycles. The van der Waals surface area contributed by atoms with E-state index in [1.807, 2.05) is 13.0 Å². The molecule has 2 heteroatoms. The van der Waals surface area contributed by atoms with Gasteiger partial charge in [-0.1, -0.05) is 6.42 Å². The van der Waals surface area contributed by atoms with Crippen molar-refractivity contribution in [3.63, 3.8) is 0 Å². The smallest absolute Gasteiger partial charge is 0.204 e. The number of hydrogen-bond donors (Lipinski definition) is 0. The van der Waals surface area contributed by atoms with Gasteiger partial charge in [0.1, 0.15) is 5.76 Å². The fourth-order valence-corrected chi connectivity index (χ4v) is 2.75. The Hall–Kier alpha value is -1.05. The van der Waals surface area contributed by atoms with Crippen molar-refractivity contribution >= 4 is 5.78 Å². The van der Waals surface area contributed by atoms with Crippen LogP contribution in [0.3, 0.4) is 0 Å². The van der Waals surface area contributed by atoms with Crippen molar-refractivity contribution in [3.05, 3.63) is 23.2 Å². The summed E-state index contributed by atoms with van der Waals surface area (Å²) in [7, 11) is 0. The van der Waals surface area contributed by atoms with Crippen LogP contribution < -0.4 is 0 Å². The Morgan fingerprint density at radius 2 is 2.14 bits per heavy atom. The fourth-order valence-electron chi connectivity index (χ4n) is 2.75. The Labute approximate surface area is 83.3 Å². The van der Waals surface area contributed by atoms with E-state index in [-0.39, 0.29) is 11.2 Å². The van der Waals surface area contributed by atoms with E-state index in [2.05, 4.69) is 0 Å². The normalized spacial score (nSPS) is 23.4. The van der Waals surface area contributed by atoms with Crippen LogP contribution in [0.25, 0.3) is 0 Å². The molecule has 0 bridgehead atoms. The largest absolute Gasteiger partial charge is 0.458 e. The first-order chi connectivity index (χ1) is 6.71. The molecule has 0 amide bonds. The molecule has 1 aromatic rings. The maximum absolute atomic E-state index is 12.1. The zero-order valence-electron chi connectivity index (χ0n) is 8.43. The predicted molar refractivity (Wildman–Crippen MR) is 52.4 cm³/mol. The molecule has 0 radical (unpaired) electrons. The van der Waals surface area contributed by atoms with Gasteiger partial charge in [-0.2, -0.15) is 0 Å². The standard InChI is InChI=1S/C12H14O2/c1-8-7-9-3-6-12(4-2-5-12)11(13)10(9)14-8/h7H,2-6H2,1H3. The predicted octanol–water partition coefficient (Wildman–Crippen LogP) is 2.89. The van der Waals surface area contributed by atoms with Crippen molar-refractivity contribution in [1.82, 2.24) is 0 Å². The maximum Gasteiger partial charge on any atom is 0.204 e. The zero-order chi connectivity index (χ0) is 9.76. The van der Waals surface area contributed by atoms with Gasteiger partial charge in [0.25, 0.3) is 0 Å². The molecule has 2 nitrogen and oxygen atoms in total. The molecule has 1 fully saturated rings. The van der Waals surface area contributed by atoms with Crippen LogP contribution >= 0.6 is 0 Å². The third-order valence-electron chi connectivity index (χ3n) is 3.80. The number of hydrogen-bond acceptors (Lipinski definition) is 2. The van der Waals surface area contributed by atoms with Gasteiger partial charge in [0.2, 0.25) is 5.78 Å². The monoisotopic (exact) mass is 190 g/mol. The average Bonchev–Trinajstić information content (AvgIpc) is 2.44. The molecule has 0 saturated heterocycles. The molecule has 1 spiro atoms. The lowest BCUT2D eigenvalue weighted by Gasteiger charge is -2.42. The lowest BCUT2D eigenvalue weighted by Crippen LogP contribution is -2.41. The molecular weight excluding hydrogens is 176 g/mol. The summed E-state index contributed by atoms with van der Waals surface area (Å²) >= 11 is 0. The van der Waals surface area contributed by atoms with Crippen molar-refractivity contribution in [1.29, 1.82) is 0 Å². The molecule has 2 aliphatic rings. The average molecular weight is 190 g/mol. The highest BCUT2D eigenvalue weighted by Crippen LogP contribution is 2.50. The Balaban J connectivity index is 2.06. The summed E-state index contributed by atoms with van der Waals surface area (Å²) in [4.78, 5) is 12.1. The molecular formula is C12H14O2. The first kappa shape index (κ1) is 8.27. The summed E-state index contributed by atoms with van der Waals surface area (Å²) in [6, 6.07) is 2.01. The zero-order valence-corrected chi connectivity index (χ0v) is 8.43. The van der Waals surface area contributed by atoms with Crippen molar-refractivity contribution in [2.24, 2.45) is 5.41 Å². The second kappa shape index (κ2) is 2.50. The Bertz CT molecular complexity index is 396. The first-order valence-electron chi connectivity index (χ1n) is 5.35. The highest BCUT2D eigenvalue weighted by Gasteiger charge is 2.48. The van der Waals surface area contributed by atoms with Gasteiger partial charge in [-0.3, -0.25) is 4.79 Å². The Morgan fingerprint density at radius 3 is 2.79 bits per heavy atom. The summed E-state index contributed by atoms with van der Waals surface area (Å²) < 4.78 is 5.50. The number of carbonyl (C=O) groups is 1. The van der Waals surface area contributed by atoms with E-state index in [9.17, 15) is 4.79 Å². The van der Waals surface area contributed by atoms with Gasteiger partial charge in [0, 0.05) is 11.0 Å². The van der Waals surface area contributed by atoms with E-state index in [1.165, 1.54) is 6.42 Å². The molecule has 0 atom stereocenters. The van der Waals surface area contributed by atoms with Gasteiger partial charge < -0.3 is 4.42 Å². The van der Waals surface area contributed by atoms with Crippen molar-refractivity contribution in [2.45, 2.75) is 39.0 Å². The van der Waals surface area contributed by atoms with E-state index < -0.39 is 0 Å². The molecule has 0 aliphatic heterocycles. The molecule has 0 unspecified atom stereocenters. The highest BCUT2D eigenvalue weighted by molar-refractivity contribution is 6.01. The van der Waals surface area contributed by atoms with Crippen LogP contribution in [0.5, 0.6) is 0 Å². The van der Waals surface area contributed by atoms with E-state index >= 15 is 0 Å². The Kier molecular flexibility index (Phi) is 1.48. The van der Waals surface area contributed by atoms with Crippen LogP contribution in [-0.2, 0) is 6.42 Å². The van der Waals surface area contributed by atoms with Crippen LogP contribution in [0, 0.1) is 12.3 Å². The number of aryl methyl sites for hydroxylation is 2. The molecule has 0 N–H and O–H groups in total. The number of fused-ring (bicyclic) bond motifs is 1. The molecule has 1 aromatic heterocycles. The molecule has 74 valence electrons. The quantitative estimate of drug-likeness (QED) is 0.629. The minimum atomic E-state index is -0.0166. The minimum absolute atomic E-state index is 0.0166. The van der Waals surface area contributed by atoms with E-state index in [4.69, 9.17) is 4.42 Å². The third kappa shape index (κ3) is 0.887. The highest BCUT2D eigenvalue weighted by atomic mass is 16.3. The van der Waals surface area contributed by atoms with E-state index in [1.54, 1.807) is 0 Å². The maximum atomic E-state index is 12.1. The van der Waals surface area contributed by atoms with Gasteiger partial charge in [-0.15, -0.1) is 0 Å². The van der Waals surface area contributed by atoms with Crippen molar-refractivity contribution < 1.29 is 9.21 Å².